The van der Waals surface area contributed by atoms with E-state index in [1.807, 2.05) is 24.3 Å². The van der Waals surface area contributed by atoms with Gasteiger partial charge in [-0.1, -0.05) is 12.8 Å². The molecule has 26 heavy (non-hydrogen) atoms. The third-order valence-electron chi connectivity index (χ3n) is 6.04. The third-order valence-corrected chi connectivity index (χ3v) is 6.04. The molecule has 0 bridgehead atoms. The number of piperidine rings is 1. The molecule has 2 aliphatic heterocycles. The molecule has 0 aliphatic carbocycles. The van der Waals surface area contributed by atoms with Gasteiger partial charge < -0.3 is 9.64 Å². The van der Waals surface area contributed by atoms with Crippen LogP contribution in [-0.2, 0) is 0 Å². The van der Waals surface area contributed by atoms with Crippen molar-refractivity contribution in [1.29, 1.82) is 0 Å². The van der Waals surface area contributed by atoms with Gasteiger partial charge in [0.1, 0.15) is 5.75 Å². The van der Waals surface area contributed by atoms with E-state index in [1.165, 1.54) is 64.6 Å². The zero-order chi connectivity index (χ0) is 18.2. The Balaban J connectivity index is 1.37. The maximum absolute atomic E-state index is 12.5. The Hall–Kier alpha value is -1.39. The second kappa shape index (κ2) is 10.1. The molecule has 0 atom stereocenters. The highest BCUT2D eigenvalue weighted by atomic mass is 16.5. The van der Waals surface area contributed by atoms with E-state index < -0.39 is 0 Å². The highest BCUT2D eigenvalue weighted by Gasteiger charge is 2.22. The van der Waals surface area contributed by atoms with E-state index in [4.69, 9.17) is 4.74 Å². The smallest absolute Gasteiger partial charge is 0.176 e. The van der Waals surface area contributed by atoms with Gasteiger partial charge in [0.05, 0.1) is 13.7 Å². The van der Waals surface area contributed by atoms with Gasteiger partial charge in [0.25, 0.3) is 0 Å². The summed E-state index contributed by atoms with van der Waals surface area (Å²) < 4.78 is 5.16. The number of benzene rings is 1. The van der Waals surface area contributed by atoms with Gasteiger partial charge in [-0.15, -0.1) is 0 Å². The van der Waals surface area contributed by atoms with E-state index in [0.29, 0.717) is 6.54 Å². The standard InChI is InChI=1S/C22H34N2O2/c1-26-21-8-6-20(7-9-21)22(25)18-24-16-11-19(12-17-24)10-15-23-13-4-2-3-5-14-23/h6-9,19H,2-5,10-18H2,1H3. The Morgan fingerprint density at radius 3 is 2.23 bits per heavy atom. The minimum Gasteiger partial charge on any atom is -0.497 e. The number of hydrogen-bond acceptors (Lipinski definition) is 4. The van der Waals surface area contributed by atoms with Gasteiger partial charge in [-0.2, -0.15) is 0 Å². The lowest BCUT2D eigenvalue weighted by Gasteiger charge is -2.32. The first-order valence-electron chi connectivity index (χ1n) is 10.4. The topological polar surface area (TPSA) is 32.8 Å². The number of nitrogens with zero attached hydrogens (tertiary/aromatic N) is 2. The lowest BCUT2D eigenvalue weighted by atomic mass is 9.93. The van der Waals surface area contributed by atoms with Crippen molar-refractivity contribution in [2.45, 2.75) is 44.9 Å². The summed E-state index contributed by atoms with van der Waals surface area (Å²) in [5.74, 6) is 1.85. The SMILES string of the molecule is COc1ccc(C(=O)CN2CCC(CCN3CCCCCC3)CC2)cc1. The van der Waals surface area contributed by atoms with Crippen LogP contribution in [0.4, 0.5) is 0 Å². The summed E-state index contributed by atoms with van der Waals surface area (Å²) in [5, 5.41) is 0. The van der Waals surface area contributed by atoms with Crippen molar-refractivity contribution >= 4 is 5.78 Å². The van der Waals surface area contributed by atoms with Gasteiger partial charge in [0.2, 0.25) is 0 Å². The van der Waals surface area contributed by atoms with E-state index >= 15 is 0 Å². The summed E-state index contributed by atoms with van der Waals surface area (Å²) in [6.45, 7) is 6.55. The van der Waals surface area contributed by atoms with Gasteiger partial charge >= 0.3 is 0 Å². The monoisotopic (exact) mass is 358 g/mol. The molecular formula is C22H34N2O2. The number of methoxy groups -OCH3 is 1. The van der Waals surface area contributed by atoms with Crippen LogP contribution in [0.3, 0.4) is 0 Å². The molecule has 0 amide bonds. The lowest BCUT2D eigenvalue weighted by Crippen LogP contribution is -2.38. The third kappa shape index (κ3) is 5.82. The first kappa shape index (κ1) is 19.4. The number of ether oxygens (including phenoxy) is 1. The van der Waals surface area contributed by atoms with Crippen LogP contribution in [0.25, 0.3) is 0 Å². The van der Waals surface area contributed by atoms with Crippen LogP contribution in [0, 0.1) is 5.92 Å². The number of hydrogen-bond donors (Lipinski definition) is 0. The van der Waals surface area contributed by atoms with Crippen LogP contribution in [0.1, 0.15) is 55.3 Å². The molecule has 2 saturated heterocycles. The van der Waals surface area contributed by atoms with Crippen molar-refractivity contribution in [3.05, 3.63) is 29.8 Å². The van der Waals surface area contributed by atoms with Crippen molar-refractivity contribution in [3.63, 3.8) is 0 Å². The molecule has 2 aliphatic rings. The molecule has 4 nitrogen and oxygen atoms in total. The van der Waals surface area contributed by atoms with Gasteiger partial charge in [0, 0.05) is 5.56 Å². The van der Waals surface area contributed by atoms with Gasteiger partial charge in [0.15, 0.2) is 5.78 Å². The maximum atomic E-state index is 12.5. The Kier molecular flexibility index (Phi) is 7.51. The Labute approximate surface area is 158 Å². The second-order valence-corrected chi connectivity index (χ2v) is 7.92. The number of carbonyl (C=O) groups is 1. The maximum Gasteiger partial charge on any atom is 0.176 e. The fourth-order valence-corrected chi connectivity index (χ4v) is 4.23. The highest BCUT2D eigenvalue weighted by Crippen LogP contribution is 2.22. The van der Waals surface area contributed by atoms with E-state index in [-0.39, 0.29) is 5.78 Å². The highest BCUT2D eigenvalue weighted by molar-refractivity contribution is 5.97. The van der Waals surface area contributed by atoms with E-state index in [2.05, 4.69) is 9.80 Å². The molecule has 0 saturated carbocycles. The fourth-order valence-electron chi connectivity index (χ4n) is 4.23. The van der Waals surface area contributed by atoms with Crippen molar-refractivity contribution in [3.8, 4) is 5.75 Å². The molecule has 4 heteroatoms. The molecule has 144 valence electrons. The second-order valence-electron chi connectivity index (χ2n) is 7.92. The summed E-state index contributed by atoms with van der Waals surface area (Å²) in [4.78, 5) is 17.5. The van der Waals surface area contributed by atoms with Crippen molar-refractivity contribution in [2.24, 2.45) is 5.92 Å². The first-order chi connectivity index (χ1) is 12.7. The summed E-state index contributed by atoms with van der Waals surface area (Å²) in [7, 11) is 1.65. The molecule has 3 rings (SSSR count). The normalized spacial score (nSPS) is 20.7. The van der Waals surface area contributed by atoms with Gasteiger partial charge in [-0.25, -0.2) is 0 Å². The summed E-state index contributed by atoms with van der Waals surface area (Å²) in [6.07, 6.45) is 9.40. The fraction of sp³-hybridized carbons (Fsp3) is 0.682. The van der Waals surface area contributed by atoms with Crippen LogP contribution >= 0.6 is 0 Å². The van der Waals surface area contributed by atoms with Crippen molar-refractivity contribution in [1.82, 2.24) is 9.80 Å². The van der Waals surface area contributed by atoms with Gasteiger partial charge in [-0.3, -0.25) is 9.69 Å². The molecule has 0 radical (unpaired) electrons. The van der Waals surface area contributed by atoms with Crippen molar-refractivity contribution in [2.75, 3.05) is 46.4 Å². The number of likely N-dealkylation sites (tertiary alicyclic amines) is 2. The zero-order valence-corrected chi connectivity index (χ0v) is 16.3. The lowest BCUT2D eigenvalue weighted by molar-refractivity contribution is 0.0888. The number of ketones is 1. The predicted octanol–water partition coefficient (Wildman–Crippen LogP) is 3.86. The van der Waals surface area contributed by atoms with E-state index in [1.54, 1.807) is 7.11 Å². The molecule has 0 aromatic heterocycles. The summed E-state index contributed by atoms with van der Waals surface area (Å²) >= 11 is 0. The minimum absolute atomic E-state index is 0.218. The van der Waals surface area contributed by atoms with Crippen LogP contribution in [-0.4, -0.2) is 62.0 Å². The van der Waals surface area contributed by atoms with E-state index in [0.717, 1.165) is 30.3 Å². The molecule has 0 unspecified atom stereocenters. The molecule has 2 heterocycles. The largest absolute Gasteiger partial charge is 0.497 e. The van der Waals surface area contributed by atoms with Crippen LogP contribution in [0.15, 0.2) is 24.3 Å². The molecular weight excluding hydrogens is 324 g/mol. The van der Waals surface area contributed by atoms with Crippen LogP contribution in [0.2, 0.25) is 0 Å². The molecule has 1 aromatic rings. The van der Waals surface area contributed by atoms with Crippen LogP contribution < -0.4 is 4.74 Å². The Morgan fingerprint density at radius 1 is 0.962 bits per heavy atom. The van der Waals surface area contributed by atoms with E-state index in [9.17, 15) is 4.79 Å². The molecule has 1 aromatic carbocycles. The Bertz CT molecular complexity index is 542. The summed E-state index contributed by atoms with van der Waals surface area (Å²) in [6, 6.07) is 7.47. The minimum atomic E-state index is 0.218. The number of Topliss-reactive ketones (excluding diaryl/α,β-unsaturated/α-hetero) is 1. The molecule has 0 spiro atoms. The quantitative estimate of drug-likeness (QED) is 0.693. The number of carbonyl (C=O) groups excluding carboxylic acids is 1. The first-order valence-corrected chi connectivity index (χ1v) is 10.4. The number of rotatable bonds is 7. The predicted molar refractivity (Wildman–Crippen MR) is 106 cm³/mol. The molecule has 0 N–H and O–H groups in total. The van der Waals surface area contributed by atoms with Crippen molar-refractivity contribution < 1.29 is 9.53 Å². The molecule has 2 fully saturated rings. The zero-order valence-electron chi connectivity index (χ0n) is 16.3. The summed E-state index contributed by atoms with van der Waals surface area (Å²) in [5.41, 5.74) is 0.786. The van der Waals surface area contributed by atoms with Gasteiger partial charge in [-0.05, 0) is 95.0 Å². The Morgan fingerprint density at radius 2 is 1.62 bits per heavy atom. The average molecular weight is 359 g/mol. The van der Waals surface area contributed by atoms with Crippen LogP contribution in [0.5, 0.6) is 5.75 Å². The average Bonchev–Trinajstić information content (AvgIpc) is 2.96.